The summed E-state index contributed by atoms with van der Waals surface area (Å²) >= 11 is 0. The Balaban J connectivity index is 2.21. The topological polar surface area (TPSA) is 44.1 Å². The number of nitrogens with zero attached hydrogens (tertiary/aromatic N) is 2. The van der Waals surface area contributed by atoms with Gasteiger partial charge in [-0.1, -0.05) is 0 Å². The fourth-order valence-electron chi connectivity index (χ4n) is 1.24. The van der Waals surface area contributed by atoms with Crippen LogP contribution in [-0.2, 0) is 6.18 Å². The number of carbonyl (C=O) groups is 1. The lowest BCUT2D eigenvalue weighted by atomic mass is 10.2. The Hall–Kier alpha value is -2.31. The molecule has 0 saturated heterocycles. The third-order valence-corrected chi connectivity index (χ3v) is 2.05. The smallest absolute Gasteiger partial charge is 0.332 e. The van der Waals surface area contributed by atoms with Crippen molar-refractivity contribution in [1.29, 1.82) is 0 Å². The molecule has 2 aromatic heterocycles. The number of rotatable bonds is 2. The van der Waals surface area contributed by atoms with Crippen LogP contribution in [0, 0.1) is 0 Å². The van der Waals surface area contributed by atoms with E-state index in [1.807, 2.05) is 0 Å². The molecule has 0 amide bonds. The molecule has 2 rings (SSSR count). The van der Waals surface area contributed by atoms with Crippen LogP contribution in [0.4, 0.5) is 13.2 Å². The molecule has 4 nitrogen and oxygen atoms in total. The Labute approximate surface area is 99.6 Å². The fraction of sp³-hybridized carbons (Fsp3) is 0.0909. The van der Waals surface area contributed by atoms with E-state index in [1.54, 1.807) is 12.1 Å². The first-order chi connectivity index (χ1) is 8.47. The van der Waals surface area contributed by atoms with Crippen molar-refractivity contribution in [3.05, 3.63) is 54.1 Å². The number of alkyl halides is 3. The van der Waals surface area contributed by atoms with E-state index in [-0.39, 0.29) is 5.56 Å². The van der Waals surface area contributed by atoms with Crippen molar-refractivity contribution in [1.82, 2.24) is 9.71 Å². The van der Waals surface area contributed by atoms with Crippen molar-refractivity contribution in [3.63, 3.8) is 0 Å². The maximum Gasteiger partial charge on any atom is 0.433 e. The average Bonchev–Trinajstić information content (AvgIpc) is 2.81. The molecule has 0 saturated carbocycles. The summed E-state index contributed by atoms with van der Waals surface area (Å²) in [5.41, 5.74) is -1.35. The van der Waals surface area contributed by atoms with Crippen LogP contribution in [0.15, 0.2) is 42.9 Å². The summed E-state index contributed by atoms with van der Waals surface area (Å²) in [5.74, 6) is -0.890. The zero-order valence-corrected chi connectivity index (χ0v) is 8.89. The maximum atomic E-state index is 12.4. The summed E-state index contributed by atoms with van der Waals surface area (Å²) in [6.45, 7) is 0. The summed E-state index contributed by atoms with van der Waals surface area (Å²) in [6.07, 6.45) is -0.785. The highest BCUT2D eigenvalue weighted by Gasteiger charge is 2.33. The predicted molar refractivity (Wildman–Crippen MR) is 54.6 cm³/mol. The lowest BCUT2D eigenvalue weighted by Gasteiger charge is -2.07. The van der Waals surface area contributed by atoms with Gasteiger partial charge in [0.2, 0.25) is 0 Å². The molecule has 0 atom stereocenters. The van der Waals surface area contributed by atoms with Crippen LogP contribution in [0.2, 0.25) is 0 Å². The van der Waals surface area contributed by atoms with Crippen LogP contribution in [0.1, 0.15) is 16.1 Å². The van der Waals surface area contributed by atoms with Crippen molar-refractivity contribution in [2.24, 2.45) is 0 Å². The first kappa shape index (κ1) is 12.2. The number of carbonyl (C=O) groups excluding carboxylic acids is 1. The minimum Gasteiger partial charge on any atom is -0.332 e. The van der Waals surface area contributed by atoms with Gasteiger partial charge in [0, 0.05) is 18.6 Å². The molecule has 94 valence electrons. The summed E-state index contributed by atoms with van der Waals surface area (Å²) in [4.78, 5) is 19.5. The lowest BCUT2D eigenvalue weighted by Crippen LogP contribution is -2.19. The van der Waals surface area contributed by atoms with Gasteiger partial charge in [-0.15, -0.1) is 0 Å². The second-order valence-corrected chi connectivity index (χ2v) is 3.35. The molecule has 0 aromatic carbocycles. The van der Waals surface area contributed by atoms with Crippen molar-refractivity contribution in [3.8, 4) is 0 Å². The van der Waals surface area contributed by atoms with E-state index in [9.17, 15) is 18.0 Å². The molecule has 7 heteroatoms. The first-order valence-corrected chi connectivity index (χ1v) is 4.86. The highest BCUT2D eigenvalue weighted by Crippen LogP contribution is 2.27. The van der Waals surface area contributed by atoms with Crippen LogP contribution in [0.5, 0.6) is 0 Å². The van der Waals surface area contributed by atoms with E-state index in [0.717, 1.165) is 17.0 Å². The Morgan fingerprint density at radius 1 is 1.28 bits per heavy atom. The van der Waals surface area contributed by atoms with E-state index >= 15 is 0 Å². The molecule has 0 aliphatic carbocycles. The molecule has 0 aliphatic heterocycles. The molecule has 18 heavy (non-hydrogen) atoms. The molecule has 2 heterocycles. The highest BCUT2D eigenvalue weighted by atomic mass is 19.4. The molecule has 0 aliphatic rings. The Morgan fingerprint density at radius 3 is 2.56 bits per heavy atom. The van der Waals surface area contributed by atoms with Gasteiger partial charge in [-0.2, -0.15) is 17.9 Å². The van der Waals surface area contributed by atoms with E-state index in [2.05, 4.69) is 4.98 Å². The molecule has 2 aromatic rings. The third kappa shape index (κ3) is 2.68. The minimum absolute atomic E-state index is 0.217. The Bertz CT molecular complexity index is 550. The van der Waals surface area contributed by atoms with E-state index < -0.39 is 17.8 Å². The van der Waals surface area contributed by atoms with Gasteiger partial charge >= 0.3 is 12.1 Å². The van der Waals surface area contributed by atoms with Gasteiger partial charge in [0.1, 0.15) is 5.69 Å². The van der Waals surface area contributed by atoms with E-state index in [0.29, 0.717) is 6.07 Å². The Morgan fingerprint density at radius 2 is 1.94 bits per heavy atom. The zero-order chi connectivity index (χ0) is 13.2. The second kappa shape index (κ2) is 4.52. The van der Waals surface area contributed by atoms with Crippen molar-refractivity contribution >= 4 is 5.97 Å². The summed E-state index contributed by atoms with van der Waals surface area (Å²) < 4.78 is 38.3. The molecule has 0 radical (unpaired) electrons. The fourth-order valence-corrected chi connectivity index (χ4v) is 1.24. The molecular weight excluding hydrogens is 249 g/mol. The van der Waals surface area contributed by atoms with Gasteiger partial charge in [-0.05, 0) is 24.3 Å². The van der Waals surface area contributed by atoms with Crippen LogP contribution < -0.4 is 4.84 Å². The highest BCUT2D eigenvalue weighted by molar-refractivity contribution is 5.89. The number of halogens is 3. The number of aromatic nitrogens is 2. The SMILES string of the molecule is O=C(On1cccc1)c1ccnc(C(F)(F)F)c1. The minimum atomic E-state index is -4.59. The summed E-state index contributed by atoms with van der Waals surface area (Å²) in [7, 11) is 0. The number of hydrogen-bond donors (Lipinski definition) is 0. The second-order valence-electron chi connectivity index (χ2n) is 3.35. The van der Waals surface area contributed by atoms with Crippen LogP contribution >= 0.6 is 0 Å². The van der Waals surface area contributed by atoms with Crippen molar-refractivity contribution in [2.45, 2.75) is 6.18 Å². The van der Waals surface area contributed by atoms with Crippen LogP contribution in [0.25, 0.3) is 0 Å². The summed E-state index contributed by atoms with van der Waals surface area (Å²) in [5, 5.41) is 0. The van der Waals surface area contributed by atoms with Crippen LogP contribution in [0.3, 0.4) is 0 Å². The van der Waals surface area contributed by atoms with Gasteiger partial charge in [0.25, 0.3) is 0 Å². The van der Waals surface area contributed by atoms with Gasteiger partial charge in [-0.25, -0.2) is 4.79 Å². The predicted octanol–water partition coefficient (Wildman–Crippen LogP) is 2.17. The van der Waals surface area contributed by atoms with Crippen LogP contribution in [-0.4, -0.2) is 15.7 Å². The molecule has 0 spiro atoms. The van der Waals surface area contributed by atoms with Crippen molar-refractivity contribution in [2.75, 3.05) is 0 Å². The van der Waals surface area contributed by atoms with Gasteiger partial charge < -0.3 is 4.84 Å². The van der Waals surface area contributed by atoms with Crippen molar-refractivity contribution < 1.29 is 22.8 Å². The molecule has 0 fully saturated rings. The molecular formula is C11H7F3N2O2. The largest absolute Gasteiger partial charge is 0.433 e. The Kier molecular flexibility index (Phi) is 3.05. The number of hydrogen-bond acceptors (Lipinski definition) is 3. The number of pyridine rings is 1. The third-order valence-electron chi connectivity index (χ3n) is 2.05. The standard InChI is InChI=1S/C11H7F3N2O2/c12-11(13,14)9-7-8(3-4-15-9)10(17)18-16-5-1-2-6-16/h1-7H. The molecule has 0 unspecified atom stereocenters. The normalized spacial score (nSPS) is 11.3. The lowest BCUT2D eigenvalue weighted by molar-refractivity contribution is -0.141. The molecule has 0 N–H and O–H groups in total. The van der Waals surface area contributed by atoms with Gasteiger partial charge in [-0.3, -0.25) is 4.98 Å². The summed E-state index contributed by atoms with van der Waals surface area (Å²) in [6, 6.07) is 5.02. The van der Waals surface area contributed by atoms with E-state index in [1.165, 1.54) is 12.4 Å². The quantitative estimate of drug-likeness (QED) is 0.827. The van der Waals surface area contributed by atoms with Gasteiger partial charge in [0.15, 0.2) is 0 Å². The van der Waals surface area contributed by atoms with E-state index in [4.69, 9.17) is 4.84 Å². The monoisotopic (exact) mass is 256 g/mol. The van der Waals surface area contributed by atoms with Gasteiger partial charge in [0.05, 0.1) is 5.56 Å². The maximum absolute atomic E-state index is 12.4. The first-order valence-electron chi connectivity index (χ1n) is 4.86. The molecule has 0 bridgehead atoms. The average molecular weight is 256 g/mol. The zero-order valence-electron chi connectivity index (χ0n) is 8.89.